The maximum Gasteiger partial charge on any atom is 0.125 e. The second-order valence-corrected chi connectivity index (χ2v) is 4.74. The first-order chi connectivity index (χ1) is 9.52. The van der Waals surface area contributed by atoms with Gasteiger partial charge in [-0.05, 0) is 43.3 Å². The fourth-order valence-electron chi connectivity index (χ4n) is 2.09. The van der Waals surface area contributed by atoms with Crippen LogP contribution in [0.5, 0.6) is 0 Å². The van der Waals surface area contributed by atoms with Crippen molar-refractivity contribution in [2.75, 3.05) is 11.4 Å². The molecule has 0 heterocycles. The third kappa shape index (κ3) is 2.91. The lowest BCUT2D eigenvalue weighted by Crippen LogP contribution is -2.22. The Morgan fingerprint density at radius 2 is 2.05 bits per heavy atom. The second kappa shape index (κ2) is 5.92. The lowest BCUT2D eigenvalue weighted by Gasteiger charge is -2.26. The molecule has 5 heteroatoms. The summed E-state index contributed by atoms with van der Waals surface area (Å²) in [6, 6.07) is 11.4. The monoisotopic (exact) mass is 291 g/mol. The van der Waals surface area contributed by atoms with Gasteiger partial charge in [0.1, 0.15) is 11.7 Å². The number of nitrogens with zero attached hydrogens (tertiary/aromatic N) is 1. The van der Waals surface area contributed by atoms with E-state index in [1.807, 2.05) is 11.8 Å². The van der Waals surface area contributed by atoms with Gasteiger partial charge in [-0.2, -0.15) is 0 Å². The molecule has 20 heavy (non-hydrogen) atoms. The zero-order valence-corrected chi connectivity index (χ0v) is 11.8. The van der Waals surface area contributed by atoms with Gasteiger partial charge in [-0.15, -0.1) is 0 Å². The van der Waals surface area contributed by atoms with Crippen LogP contribution in [0.2, 0.25) is 5.02 Å². The number of benzene rings is 2. The van der Waals surface area contributed by atoms with Gasteiger partial charge in [0.05, 0.1) is 5.69 Å². The average molecular weight is 292 g/mol. The third-order valence-corrected chi connectivity index (χ3v) is 3.21. The molecule has 3 nitrogen and oxygen atoms in total. The number of rotatable bonds is 4. The van der Waals surface area contributed by atoms with E-state index in [1.54, 1.807) is 30.3 Å². The Balaban J connectivity index is 2.57. The molecule has 0 radical (unpaired) electrons. The quantitative estimate of drug-likeness (QED) is 0.662. The van der Waals surface area contributed by atoms with Gasteiger partial charge in [-0.3, -0.25) is 5.41 Å². The van der Waals surface area contributed by atoms with Crippen LogP contribution in [-0.2, 0) is 0 Å². The summed E-state index contributed by atoms with van der Waals surface area (Å²) in [6.07, 6.45) is 0. The molecule has 0 spiro atoms. The van der Waals surface area contributed by atoms with E-state index in [1.165, 1.54) is 12.1 Å². The predicted octanol–water partition coefficient (Wildman–Crippen LogP) is 3.92. The zero-order valence-electron chi connectivity index (χ0n) is 11.0. The van der Waals surface area contributed by atoms with Gasteiger partial charge in [0.2, 0.25) is 0 Å². The van der Waals surface area contributed by atoms with Crippen molar-refractivity contribution in [3.63, 3.8) is 0 Å². The first-order valence-corrected chi connectivity index (χ1v) is 6.57. The first kappa shape index (κ1) is 14.3. The van der Waals surface area contributed by atoms with E-state index in [-0.39, 0.29) is 11.7 Å². The van der Waals surface area contributed by atoms with Gasteiger partial charge in [0.25, 0.3) is 0 Å². The summed E-state index contributed by atoms with van der Waals surface area (Å²) in [5, 5.41) is 8.20. The highest BCUT2D eigenvalue weighted by Crippen LogP contribution is 2.31. The molecule has 0 bridgehead atoms. The summed E-state index contributed by atoms with van der Waals surface area (Å²) in [7, 11) is 0. The molecule has 0 saturated heterocycles. The predicted molar refractivity (Wildman–Crippen MR) is 81.5 cm³/mol. The molecule has 0 atom stereocenters. The molecule has 2 rings (SSSR count). The van der Waals surface area contributed by atoms with Crippen molar-refractivity contribution in [1.29, 1.82) is 5.41 Å². The summed E-state index contributed by atoms with van der Waals surface area (Å²) in [4.78, 5) is 1.87. The molecule has 2 aromatic carbocycles. The number of amidine groups is 1. The van der Waals surface area contributed by atoms with E-state index >= 15 is 0 Å². The Bertz CT molecular complexity index is 643. The number of hydrogen-bond acceptors (Lipinski definition) is 2. The fourth-order valence-corrected chi connectivity index (χ4v) is 2.26. The van der Waals surface area contributed by atoms with Gasteiger partial charge in [0.15, 0.2) is 0 Å². The summed E-state index contributed by atoms with van der Waals surface area (Å²) in [5.41, 5.74) is 7.56. The SMILES string of the molecule is CCN(c1cccc(F)c1)c1cc(Cl)ccc1C(=N)N. The molecule has 0 fully saturated rings. The van der Waals surface area contributed by atoms with Crippen LogP contribution in [-0.4, -0.2) is 12.4 Å². The van der Waals surface area contributed by atoms with Crippen LogP contribution in [0, 0.1) is 11.2 Å². The number of anilines is 2. The summed E-state index contributed by atoms with van der Waals surface area (Å²) in [6.45, 7) is 2.54. The van der Waals surface area contributed by atoms with Crippen LogP contribution in [0.15, 0.2) is 42.5 Å². The van der Waals surface area contributed by atoms with Crippen LogP contribution in [0.25, 0.3) is 0 Å². The zero-order chi connectivity index (χ0) is 14.7. The smallest absolute Gasteiger partial charge is 0.125 e. The number of hydrogen-bond donors (Lipinski definition) is 2. The molecular formula is C15H15ClFN3. The molecule has 0 aliphatic heterocycles. The molecule has 2 aromatic rings. The summed E-state index contributed by atoms with van der Waals surface area (Å²) >= 11 is 6.03. The van der Waals surface area contributed by atoms with Gasteiger partial charge in [-0.1, -0.05) is 17.7 Å². The van der Waals surface area contributed by atoms with Crippen LogP contribution < -0.4 is 10.6 Å². The van der Waals surface area contributed by atoms with Gasteiger partial charge < -0.3 is 10.6 Å². The van der Waals surface area contributed by atoms with Gasteiger partial charge >= 0.3 is 0 Å². The van der Waals surface area contributed by atoms with Crippen LogP contribution in [0.1, 0.15) is 12.5 Å². The molecule has 0 aliphatic carbocycles. The third-order valence-electron chi connectivity index (χ3n) is 2.98. The largest absolute Gasteiger partial charge is 0.384 e. The van der Waals surface area contributed by atoms with Crippen molar-refractivity contribution in [3.8, 4) is 0 Å². The highest BCUT2D eigenvalue weighted by atomic mass is 35.5. The highest BCUT2D eigenvalue weighted by molar-refractivity contribution is 6.31. The van der Waals surface area contributed by atoms with Crippen LogP contribution in [0.3, 0.4) is 0 Å². The number of halogens is 2. The fraction of sp³-hybridized carbons (Fsp3) is 0.133. The maximum atomic E-state index is 13.4. The van der Waals surface area contributed by atoms with Gasteiger partial charge in [-0.25, -0.2) is 4.39 Å². The molecular weight excluding hydrogens is 277 g/mol. The van der Waals surface area contributed by atoms with E-state index in [9.17, 15) is 4.39 Å². The van der Waals surface area contributed by atoms with Crippen LogP contribution in [0.4, 0.5) is 15.8 Å². The van der Waals surface area contributed by atoms with Crippen molar-refractivity contribution in [2.24, 2.45) is 5.73 Å². The summed E-state index contributed by atoms with van der Waals surface area (Å²) < 4.78 is 13.4. The Hall–Kier alpha value is -2.07. The average Bonchev–Trinajstić information content (AvgIpc) is 2.39. The Labute approximate surface area is 122 Å². The van der Waals surface area contributed by atoms with Crippen molar-refractivity contribution < 1.29 is 4.39 Å². The summed E-state index contributed by atoms with van der Waals surface area (Å²) in [5.74, 6) is -0.362. The minimum atomic E-state index is -0.313. The minimum absolute atomic E-state index is 0.0495. The van der Waals surface area contributed by atoms with E-state index in [2.05, 4.69) is 0 Å². The molecule has 3 N–H and O–H groups in total. The molecule has 104 valence electrons. The Kier molecular flexibility index (Phi) is 4.25. The second-order valence-electron chi connectivity index (χ2n) is 4.30. The molecule has 0 amide bonds. The maximum absolute atomic E-state index is 13.4. The van der Waals surface area contributed by atoms with E-state index in [0.29, 0.717) is 28.5 Å². The minimum Gasteiger partial charge on any atom is -0.384 e. The number of nitrogens with two attached hydrogens (primary N) is 1. The molecule has 0 aliphatic rings. The number of nitrogens with one attached hydrogen (secondary N) is 1. The van der Waals surface area contributed by atoms with E-state index in [4.69, 9.17) is 22.7 Å². The first-order valence-electron chi connectivity index (χ1n) is 6.20. The lowest BCUT2D eigenvalue weighted by atomic mass is 10.1. The van der Waals surface area contributed by atoms with Crippen molar-refractivity contribution in [3.05, 3.63) is 58.9 Å². The van der Waals surface area contributed by atoms with Crippen LogP contribution >= 0.6 is 11.6 Å². The van der Waals surface area contributed by atoms with Crippen molar-refractivity contribution >= 4 is 28.8 Å². The standard InChI is InChI=1S/C15H15ClFN3/c1-2-20(12-5-3-4-11(17)9-12)14-8-10(16)6-7-13(14)15(18)19/h3-9H,2H2,1H3,(H3,18,19). The van der Waals surface area contributed by atoms with Crippen molar-refractivity contribution in [1.82, 2.24) is 0 Å². The van der Waals surface area contributed by atoms with E-state index < -0.39 is 0 Å². The molecule has 0 saturated carbocycles. The number of nitrogen functional groups attached to an aromatic ring is 1. The Morgan fingerprint density at radius 3 is 2.65 bits per heavy atom. The van der Waals surface area contributed by atoms with E-state index in [0.717, 1.165) is 0 Å². The topological polar surface area (TPSA) is 53.1 Å². The van der Waals surface area contributed by atoms with Gasteiger partial charge in [0, 0.05) is 22.8 Å². The molecule has 0 aromatic heterocycles. The molecule has 0 unspecified atom stereocenters. The highest BCUT2D eigenvalue weighted by Gasteiger charge is 2.14. The lowest BCUT2D eigenvalue weighted by molar-refractivity contribution is 0.627. The van der Waals surface area contributed by atoms with Crippen molar-refractivity contribution in [2.45, 2.75) is 6.92 Å². The Morgan fingerprint density at radius 1 is 1.30 bits per heavy atom. The normalized spacial score (nSPS) is 10.3.